The SMILES string of the molecule is O=C1Oc2cc(CO)cc(I)c2OC(=O)c2ccccc21. The summed E-state index contributed by atoms with van der Waals surface area (Å²) in [6.45, 7) is -0.203. The molecule has 2 aromatic carbocycles. The van der Waals surface area contributed by atoms with E-state index in [1.54, 1.807) is 18.2 Å². The van der Waals surface area contributed by atoms with Crippen molar-refractivity contribution in [1.82, 2.24) is 0 Å². The maximum atomic E-state index is 12.2. The van der Waals surface area contributed by atoms with E-state index in [1.807, 2.05) is 22.6 Å². The first-order chi connectivity index (χ1) is 10.1. The number of hydrogen-bond donors (Lipinski definition) is 1. The molecular formula is C15H9IO5. The second kappa shape index (κ2) is 5.45. The van der Waals surface area contributed by atoms with Crippen molar-refractivity contribution in [3.8, 4) is 11.5 Å². The molecule has 1 aliphatic rings. The van der Waals surface area contributed by atoms with Crippen LogP contribution in [0.25, 0.3) is 0 Å². The minimum atomic E-state index is -0.630. The molecular weight excluding hydrogens is 387 g/mol. The molecule has 0 fully saturated rings. The molecule has 1 heterocycles. The molecule has 0 aromatic heterocycles. The maximum absolute atomic E-state index is 12.2. The van der Waals surface area contributed by atoms with Crippen molar-refractivity contribution in [3.05, 3.63) is 56.7 Å². The molecule has 0 saturated heterocycles. The Balaban J connectivity index is 2.16. The van der Waals surface area contributed by atoms with Gasteiger partial charge in [0.05, 0.1) is 21.3 Å². The Hall–Kier alpha value is -1.93. The van der Waals surface area contributed by atoms with Gasteiger partial charge in [0.25, 0.3) is 0 Å². The van der Waals surface area contributed by atoms with Crippen molar-refractivity contribution >= 4 is 34.5 Å². The van der Waals surface area contributed by atoms with Gasteiger partial charge in [-0.05, 0) is 52.4 Å². The molecule has 0 aliphatic carbocycles. The second-order valence-electron chi connectivity index (χ2n) is 4.39. The van der Waals surface area contributed by atoms with Crippen LogP contribution in [0.3, 0.4) is 0 Å². The molecule has 6 heteroatoms. The predicted octanol–water partition coefficient (Wildman–Crippen LogP) is 2.54. The fourth-order valence-corrected chi connectivity index (χ4v) is 2.81. The highest BCUT2D eigenvalue weighted by molar-refractivity contribution is 14.1. The minimum Gasteiger partial charge on any atom is -0.419 e. The summed E-state index contributed by atoms with van der Waals surface area (Å²) in [7, 11) is 0. The van der Waals surface area contributed by atoms with E-state index in [9.17, 15) is 14.7 Å². The zero-order chi connectivity index (χ0) is 15.0. The maximum Gasteiger partial charge on any atom is 0.344 e. The Kier molecular flexibility index (Phi) is 3.64. The molecule has 1 aliphatic heterocycles. The number of esters is 2. The molecule has 0 bridgehead atoms. The zero-order valence-corrected chi connectivity index (χ0v) is 12.8. The third-order valence-corrected chi connectivity index (χ3v) is 3.82. The Labute approximate surface area is 133 Å². The smallest absolute Gasteiger partial charge is 0.344 e. The van der Waals surface area contributed by atoms with Gasteiger partial charge in [0.2, 0.25) is 0 Å². The number of carbonyl (C=O) groups excluding carboxylic acids is 2. The predicted molar refractivity (Wildman–Crippen MR) is 81.4 cm³/mol. The summed E-state index contributed by atoms with van der Waals surface area (Å²) in [5.74, 6) is -0.938. The highest BCUT2D eigenvalue weighted by Gasteiger charge is 2.27. The fraction of sp³-hybridized carbons (Fsp3) is 0.0667. The van der Waals surface area contributed by atoms with E-state index >= 15 is 0 Å². The third-order valence-electron chi connectivity index (χ3n) is 3.02. The van der Waals surface area contributed by atoms with Crippen LogP contribution in [0.15, 0.2) is 36.4 Å². The Morgan fingerprint density at radius 3 is 2.24 bits per heavy atom. The van der Waals surface area contributed by atoms with Crippen LogP contribution in [0.2, 0.25) is 0 Å². The van der Waals surface area contributed by atoms with Crippen molar-refractivity contribution in [1.29, 1.82) is 0 Å². The van der Waals surface area contributed by atoms with E-state index < -0.39 is 11.9 Å². The van der Waals surface area contributed by atoms with Crippen LogP contribution in [0.4, 0.5) is 0 Å². The molecule has 0 atom stereocenters. The number of halogens is 1. The van der Waals surface area contributed by atoms with Gasteiger partial charge in [-0.1, -0.05) is 12.1 Å². The number of rotatable bonds is 1. The lowest BCUT2D eigenvalue weighted by atomic mass is 10.1. The van der Waals surface area contributed by atoms with E-state index in [0.29, 0.717) is 9.13 Å². The molecule has 0 unspecified atom stereocenters. The Morgan fingerprint density at radius 2 is 1.62 bits per heavy atom. The number of ether oxygens (including phenoxy) is 2. The van der Waals surface area contributed by atoms with Crippen LogP contribution in [0, 0.1) is 3.57 Å². The van der Waals surface area contributed by atoms with Crippen molar-refractivity contribution in [2.75, 3.05) is 0 Å². The average Bonchev–Trinajstić information content (AvgIpc) is 2.48. The zero-order valence-electron chi connectivity index (χ0n) is 10.6. The van der Waals surface area contributed by atoms with E-state index in [1.165, 1.54) is 18.2 Å². The van der Waals surface area contributed by atoms with Crippen LogP contribution in [0.5, 0.6) is 11.5 Å². The fourth-order valence-electron chi connectivity index (χ4n) is 2.03. The van der Waals surface area contributed by atoms with Gasteiger partial charge in [0.15, 0.2) is 11.5 Å². The van der Waals surface area contributed by atoms with Gasteiger partial charge in [-0.2, -0.15) is 0 Å². The minimum absolute atomic E-state index is 0.124. The van der Waals surface area contributed by atoms with Crippen LogP contribution in [-0.2, 0) is 6.61 Å². The molecule has 3 rings (SSSR count). The highest BCUT2D eigenvalue weighted by atomic mass is 127. The van der Waals surface area contributed by atoms with E-state index in [2.05, 4.69) is 0 Å². The summed E-state index contributed by atoms with van der Waals surface area (Å²) in [5, 5.41) is 9.21. The number of carbonyl (C=O) groups is 2. The Bertz CT molecular complexity index is 754. The summed E-state index contributed by atoms with van der Waals surface area (Å²) < 4.78 is 11.2. The molecule has 0 spiro atoms. The lowest BCUT2D eigenvalue weighted by molar-refractivity contribution is 0.0646. The standard InChI is InChI=1S/C15H9IO5/c16-11-5-8(7-17)6-12-13(11)21-15(19)10-4-2-1-3-9(10)14(18)20-12/h1-6,17H,7H2. The molecule has 5 nitrogen and oxygen atoms in total. The molecule has 21 heavy (non-hydrogen) atoms. The normalized spacial score (nSPS) is 13.4. The van der Waals surface area contributed by atoms with Crippen LogP contribution in [-0.4, -0.2) is 17.0 Å². The summed E-state index contributed by atoms with van der Waals surface area (Å²) in [6.07, 6.45) is 0. The number of hydrogen-bond acceptors (Lipinski definition) is 5. The van der Waals surface area contributed by atoms with Crippen molar-refractivity contribution in [2.24, 2.45) is 0 Å². The monoisotopic (exact) mass is 396 g/mol. The first-order valence-corrected chi connectivity index (χ1v) is 7.14. The van der Waals surface area contributed by atoms with Gasteiger partial charge >= 0.3 is 11.9 Å². The van der Waals surface area contributed by atoms with Crippen molar-refractivity contribution < 1.29 is 24.2 Å². The second-order valence-corrected chi connectivity index (χ2v) is 5.55. The largest absolute Gasteiger partial charge is 0.419 e. The molecule has 2 aromatic rings. The molecule has 0 radical (unpaired) electrons. The molecule has 0 amide bonds. The summed E-state index contributed by atoms with van der Waals surface area (Å²) in [4.78, 5) is 24.4. The van der Waals surface area contributed by atoms with Gasteiger partial charge in [0, 0.05) is 0 Å². The topological polar surface area (TPSA) is 72.8 Å². The average molecular weight is 396 g/mol. The highest BCUT2D eigenvalue weighted by Crippen LogP contribution is 2.36. The van der Waals surface area contributed by atoms with Gasteiger partial charge in [0.1, 0.15) is 0 Å². The van der Waals surface area contributed by atoms with Crippen molar-refractivity contribution in [3.63, 3.8) is 0 Å². The van der Waals surface area contributed by atoms with E-state index in [4.69, 9.17) is 9.47 Å². The van der Waals surface area contributed by atoms with Crippen LogP contribution in [0.1, 0.15) is 26.3 Å². The lowest BCUT2D eigenvalue weighted by Crippen LogP contribution is -2.21. The molecule has 0 saturated carbocycles. The lowest BCUT2D eigenvalue weighted by Gasteiger charge is -2.17. The number of benzene rings is 2. The van der Waals surface area contributed by atoms with Crippen molar-refractivity contribution in [2.45, 2.75) is 6.61 Å². The first kappa shape index (κ1) is 14.0. The van der Waals surface area contributed by atoms with Gasteiger partial charge in [-0.15, -0.1) is 0 Å². The van der Waals surface area contributed by atoms with E-state index in [0.717, 1.165) is 0 Å². The number of aliphatic hydroxyl groups excluding tert-OH is 1. The molecule has 106 valence electrons. The summed E-state index contributed by atoms with van der Waals surface area (Å²) in [5.41, 5.74) is 0.878. The number of aliphatic hydroxyl groups is 1. The van der Waals surface area contributed by atoms with Gasteiger partial charge < -0.3 is 14.6 Å². The Morgan fingerprint density at radius 1 is 1.00 bits per heavy atom. The third kappa shape index (κ3) is 2.52. The molecule has 1 N–H and O–H groups in total. The van der Waals surface area contributed by atoms with Crippen LogP contribution < -0.4 is 9.47 Å². The van der Waals surface area contributed by atoms with E-state index in [-0.39, 0.29) is 29.2 Å². The quantitative estimate of drug-likeness (QED) is 0.456. The summed E-state index contributed by atoms with van der Waals surface area (Å²) in [6, 6.07) is 9.45. The van der Waals surface area contributed by atoms with Gasteiger partial charge in [-0.25, -0.2) is 9.59 Å². The first-order valence-electron chi connectivity index (χ1n) is 6.07. The van der Waals surface area contributed by atoms with Crippen LogP contribution >= 0.6 is 22.6 Å². The number of fused-ring (bicyclic) bond motifs is 2. The van der Waals surface area contributed by atoms with Gasteiger partial charge in [-0.3, -0.25) is 0 Å². The summed E-state index contributed by atoms with van der Waals surface area (Å²) >= 11 is 1.96.